The normalized spacial score (nSPS) is 29.5. The van der Waals surface area contributed by atoms with Gasteiger partial charge in [-0.25, -0.2) is 0 Å². The lowest BCUT2D eigenvalue weighted by Gasteiger charge is -2.40. The molecule has 22 heavy (non-hydrogen) atoms. The molecule has 2 aliphatic carbocycles. The molecule has 4 nitrogen and oxygen atoms in total. The maximum atomic E-state index is 13.1. The molecule has 1 heterocycles. The van der Waals surface area contributed by atoms with Crippen LogP contribution in [0.25, 0.3) is 0 Å². The van der Waals surface area contributed by atoms with E-state index in [-0.39, 0.29) is 11.4 Å². The molecule has 1 fully saturated rings. The van der Waals surface area contributed by atoms with Gasteiger partial charge in [0.15, 0.2) is 0 Å². The summed E-state index contributed by atoms with van der Waals surface area (Å²) in [7, 11) is 3.53. The van der Waals surface area contributed by atoms with Crippen molar-refractivity contribution < 1.29 is 9.53 Å². The lowest BCUT2D eigenvalue weighted by atomic mass is 9.72. The summed E-state index contributed by atoms with van der Waals surface area (Å²) < 4.78 is 5.09. The number of hydrogen-bond donors (Lipinski definition) is 1. The predicted molar refractivity (Wildman–Crippen MR) is 85.9 cm³/mol. The number of hydrogen-bond acceptors (Lipinski definition) is 3. The molecule has 1 N–H and O–H groups in total. The molecule has 120 valence electrons. The number of nitrogens with one attached hydrogen (secondary N) is 1. The van der Waals surface area contributed by atoms with Crippen LogP contribution >= 0.6 is 0 Å². The molecule has 1 saturated carbocycles. The molecule has 1 atom stereocenters. The maximum Gasteiger partial charge on any atom is 0.243 e. The van der Waals surface area contributed by atoms with Crippen molar-refractivity contribution >= 4 is 5.91 Å². The first-order valence-electron chi connectivity index (χ1n) is 8.35. The molecule has 1 amide bonds. The average molecular weight is 302 g/mol. The largest absolute Gasteiger partial charge is 0.370 e. The van der Waals surface area contributed by atoms with Gasteiger partial charge >= 0.3 is 0 Å². The van der Waals surface area contributed by atoms with Crippen LogP contribution < -0.4 is 5.32 Å². The Bertz CT molecular complexity index is 519. The Morgan fingerprint density at radius 3 is 2.68 bits per heavy atom. The highest BCUT2D eigenvalue weighted by molar-refractivity contribution is 5.91. The number of nitrogens with zero attached hydrogens (tertiary/aromatic N) is 1. The number of carbonyl (C=O) groups excluding carboxylic acids is 1. The number of rotatable bonds is 6. The Labute approximate surface area is 133 Å². The highest BCUT2D eigenvalue weighted by Crippen LogP contribution is 2.42. The van der Waals surface area contributed by atoms with Crippen molar-refractivity contribution in [2.24, 2.45) is 11.3 Å². The fraction of sp³-hybridized carbons (Fsp3) is 0.722. The van der Waals surface area contributed by atoms with Crippen LogP contribution in [0.2, 0.25) is 0 Å². The Morgan fingerprint density at radius 2 is 2.05 bits per heavy atom. The smallest absolute Gasteiger partial charge is 0.243 e. The standard InChI is InChI=1S/C18H26N2O2/c1-20-16(21)17(13-19-14-22-2,8-9-18(20)10-11-18)12-15-6-4-3-5-7-15/h10-11,15,19H,3-7,12-14H2,1-2H3. The lowest BCUT2D eigenvalue weighted by molar-refractivity contribution is -0.140. The van der Waals surface area contributed by atoms with Crippen molar-refractivity contribution in [3.63, 3.8) is 0 Å². The minimum absolute atomic E-state index is 0.158. The van der Waals surface area contributed by atoms with Gasteiger partial charge in [-0.1, -0.05) is 43.9 Å². The van der Waals surface area contributed by atoms with Crippen LogP contribution in [0.4, 0.5) is 0 Å². The second-order valence-corrected chi connectivity index (χ2v) is 6.92. The van der Waals surface area contributed by atoms with Crippen molar-refractivity contribution in [1.82, 2.24) is 10.2 Å². The monoisotopic (exact) mass is 302 g/mol. The Balaban J connectivity index is 1.80. The average Bonchev–Trinajstić information content (AvgIpc) is 3.32. The molecule has 0 aromatic carbocycles. The van der Waals surface area contributed by atoms with E-state index in [9.17, 15) is 4.79 Å². The Morgan fingerprint density at radius 1 is 1.32 bits per heavy atom. The third-order valence-corrected chi connectivity index (χ3v) is 5.29. The minimum atomic E-state index is -0.592. The van der Waals surface area contributed by atoms with Crippen LogP contribution in [0.15, 0.2) is 12.2 Å². The van der Waals surface area contributed by atoms with Gasteiger partial charge in [0.1, 0.15) is 11.0 Å². The van der Waals surface area contributed by atoms with Crippen LogP contribution in [-0.4, -0.2) is 43.8 Å². The first-order chi connectivity index (χ1) is 10.6. The van der Waals surface area contributed by atoms with E-state index < -0.39 is 5.41 Å². The highest BCUT2D eigenvalue weighted by atomic mass is 16.5. The SMILES string of the molecule is COCNCC1(CC2CCCCC2)C#CC2(C=C2)N(C)C1=O. The number of likely N-dealkylation sites (N-methyl/N-ethyl adjacent to an activating group) is 1. The van der Waals surface area contributed by atoms with E-state index in [1.54, 1.807) is 7.11 Å². The minimum Gasteiger partial charge on any atom is -0.370 e. The second-order valence-electron chi connectivity index (χ2n) is 6.92. The summed E-state index contributed by atoms with van der Waals surface area (Å²) in [4.78, 5) is 14.9. The lowest BCUT2D eigenvalue weighted by Crippen LogP contribution is -2.55. The van der Waals surface area contributed by atoms with Gasteiger partial charge in [0.05, 0.1) is 6.73 Å². The third kappa shape index (κ3) is 2.80. The van der Waals surface area contributed by atoms with Crippen molar-refractivity contribution in [3.8, 4) is 11.8 Å². The van der Waals surface area contributed by atoms with Gasteiger partial charge in [-0.3, -0.25) is 10.1 Å². The number of amides is 1. The van der Waals surface area contributed by atoms with E-state index in [0.29, 0.717) is 19.2 Å². The summed E-state index contributed by atoms with van der Waals surface area (Å²) in [5.41, 5.74) is -0.973. The topological polar surface area (TPSA) is 41.6 Å². The second kappa shape index (κ2) is 6.06. The molecule has 0 aromatic heterocycles. The summed E-state index contributed by atoms with van der Waals surface area (Å²) in [6.07, 6.45) is 11.2. The Kier molecular flexibility index (Phi) is 4.29. The first-order valence-corrected chi connectivity index (χ1v) is 8.35. The zero-order valence-corrected chi connectivity index (χ0v) is 13.7. The predicted octanol–water partition coefficient (Wildman–Crippen LogP) is 1.92. The summed E-state index contributed by atoms with van der Waals surface area (Å²) >= 11 is 0. The van der Waals surface area contributed by atoms with E-state index in [1.165, 1.54) is 32.1 Å². The van der Waals surface area contributed by atoms with Crippen LogP contribution in [0.5, 0.6) is 0 Å². The van der Waals surface area contributed by atoms with Crippen LogP contribution in [-0.2, 0) is 9.53 Å². The van der Waals surface area contributed by atoms with Crippen molar-refractivity contribution in [2.75, 3.05) is 27.4 Å². The van der Waals surface area contributed by atoms with Gasteiger partial charge in [0, 0.05) is 20.7 Å². The van der Waals surface area contributed by atoms with Crippen LogP contribution in [0.1, 0.15) is 38.5 Å². The summed E-state index contributed by atoms with van der Waals surface area (Å²) in [6, 6.07) is 0. The molecule has 0 bridgehead atoms. The van der Waals surface area contributed by atoms with E-state index >= 15 is 0 Å². The molecule has 3 rings (SSSR count). The number of carbonyl (C=O) groups is 1. The van der Waals surface area contributed by atoms with E-state index in [4.69, 9.17) is 4.74 Å². The fourth-order valence-corrected chi connectivity index (χ4v) is 3.81. The molecule has 4 heteroatoms. The molecular formula is C18H26N2O2. The zero-order valence-electron chi connectivity index (χ0n) is 13.7. The first kappa shape index (κ1) is 15.6. The van der Waals surface area contributed by atoms with E-state index in [2.05, 4.69) is 17.2 Å². The van der Waals surface area contributed by atoms with Gasteiger partial charge in [-0.15, -0.1) is 0 Å². The quantitative estimate of drug-likeness (QED) is 0.353. The van der Waals surface area contributed by atoms with Gasteiger partial charge in [0.25, 0.3) is 0 Å². The third-order valence-electron chi connectivity index (χ3n) is 5.29. The molecular weight excluding hydrogens is 276 g/mol. The molecule has 3 aliphatic rings. The molecule has 0 saturated heterocycles. The summed E-state index contributed by atoms with van der Waals surface area (Å²) in [5, 5.41) is 3.24. The Hall–Kier alpha value is -1.31. The fourth-order valence-electron chi connectivity index (χ4n) is 3.81. The van der Waals surface area contributed by atoms with Gasteiger partial charge in [0.2, 0.25) is 5.91 Å². The van der Waals surface area contributed by atoms with Gasteiger partial charge < -0.3 is 9.64 Å². The van der Waals surface area contributed by atoms with Crippen LogP contribution in [0.3, 0.4) is 0 Å². The number of methoxy groups -OCH3 is 1. The van der Waals surface area contributed by atoms with Crippen molar-refractivity contribution in [2.45, 2.75) is 44.1 Å². The molecule has 0 radical (unpaired) electrons. The summed E-state index contributed by atoms with van der Waals surface area (Å²) in [5.74, 6) is 7.44. The van der Waals surface area contributed by atoms with Gasteiger partial charge in [-0.05, 0) is 24.5 Å². The van der Waals surface area contributed by atoms with Crippen LogP contribution in [0, 0.1) is 23.2 Å². The van der Waals surface area contributed by atoms with Crippen molar-refractivity contribution in [3.05, 3.63) is 12.2 Å². The van der Waals surface area contributed by atoms with E-state index in [0.717, 1.165) is 6.42 Å². The molecule has 1 aliphatic heterocycles. The highest BCUT2D eigenvalue weighted by Gasteiger charge is 2.51. The number of ether oxygens (including phenoxy) is 1. The molecule has 1 spiro atoms. The maximum absolute atomic E-state index is 13.1. The van der Waals surface area contributed by atoms with Crippen molar-refractivity contribution in [1.29, 1.82) is 0 Å². The van der Waals surface area contributed by atoms with E-state index in [1.807, 2.05) is 24.1 Å². The zero-order chi connectivity index (χ0) is 15.6. The van der Waals surface area contributed by atoms with Gasteiger partial charge in [-0.2, -0.15) is 0 Å². The summed E-state index contributed by atoms with van der Waals surface area (Å²) in [6.45, 7) is 1.03. The molecule has 1 unspecified atom stereocenters. The molecule has 0 aromatic rings.